The number of hydrogen-bond acceptors (Lipinski definition) is 6. The standard InChI is InChI=1S/C25H27Cl2N3O2.C5H11NO2/c26-21-8-6-17(22(27)14-21)7-9-25(31)30-15-19-5-4-18(13-20(19)16-30)23(10-11-28)29-24-3-1-2-12-32-24;1-5(2,3)8-4(6)7/h4-6,8,10-11,13-14,24H,1-3,7,9,12,15-16,28H2;1-3H3,(H2,6,7)/b11-10-,29-23-;. The molecular weight excluding hydrogens is 551 g/mol. The number of amides is 2. The van der Waals surface area contributed by atoms with E-state index in [4.69, 9.17) is 44.4 Å². The average Bonchev–Trinajstić information content (AvgIpc) is 3.31. The van der Waals surface area contributed by atoms with Crippen molar-refractivity contribution >= 4 is 40.9 Å². The maximum Gasteiger partial charge on any atom is 0.405 e. The van der Waals surface area contributed by atoms with Crippen LogP contribution in [0.25, 0.3) is 0 Å². The van der Waals surface area contributed by atoms with Crippen molar-refractivity contribution in [1.82, 2.24) is 4.90 Å². The highest BCUT2D eigenvalue weighted by atomic mass is 35.5. The van der Waals surface area contributed by atoms with Crippen molar-refractivity contribution in [2.75, 3.05) is 6.61 Å². The van der Waals surface area contributed by atoms with E-state index >= 15 is 0 Å². The van der Waals surface area contributed by atoms with Crippen LogP contribution in [-0.4, -0.2) is 41.0 Å². The number of rotatable bonds is 6. The highest BCUT2D eigenvalue weighted by Gasteiger charge is 2.24. The summed E-state index contributed by atoms with van der Waals surface area (Å²) in [6.45, 7) is 7.24. The minimum atomic E-state index is -0.725. The van der Waals surface area contributed by atoms with E-state index < -0.39 is 11.7 Å². The predicted octanol–water partition coefficient (Wildman–Crippen LogP) is 6.14. The Bertz CT molecular complexity index is 1250. The van der Waals surface area contributed by atoms with E-state index in [1.807, 2.05) is 23.1 Å². The molecule has 0 aromatic heterocycles. The Balaban J connectivity index is 0.000000482. The molecule has 4 N–H and O–H groups in total. The minimum Gasteiger partial charge on any atom is -0.444 e. The van der Waals surface area contributed by atoms with Crippen molar-refractivity contribution in [3.63, 3.8) is 0 Å². The predicted molar refractivity (Wildman–Crippen MR) is 159 cm³/mol. The third-order valence-corrected chi connectivity index (χ3v) is 6.89. The molecule has 1 atom stereocenters. The van der Waals surface area contributed by atoms with Gasteiger partial charge in [0.15, 0.2) is 0 Å². The fourth-order valence-electron chi connectivity index (χ4n) is 4.44. The van der Waals surface area contributed by atoms with Gasteiger partial charge >= 0.3 is 6.09 Å². The molecule has 2 heterocycles. The molecule has 2 amide bonds. The first-order valence-electron chi connectivity index (χ1n) is 13.3. The number of halogens is 2. The number of nitrogens with zero attached hydrogens (tertiary/aromatic N) is 2. The lowest BCUT2D eigenvalue weighted by molar-refractivity contribution is -0.131. The first-order valence-corrected chi connectivity index (χ1v) is 14.1. The Labute approximate surface area is 246 Å². The summed E-state index contributed by atoms with van der Waals surface area (Å²) in [6, 6.07) is 11.6. The summed E-state index contributed by atoms with van der Waals surface area (Å²) in [6.07, 6.45) is 6.60. The second kappa shape index (κ2) is 14.5. The van der Waals surface area contributed by atoms with Gasteiger partial charge in [-0.2, -0.15) is 0 Å². The molecule has 2 aromatic rings. The van der Waals surface area contributed by atoms with Gasteiger partial charge in [-0.15, -0.1) is 0 Å². The molecule has 0 radical (unpaired) electrons. The first-order chi connectivity index (χ1) is 18.9. The van der Waals surface area contributed by atoms with Crippen LogP contribution in [0.2, 0.25) is 10.0 Å². The number of benzene rings is 2. The lowest BCUT2D eigenvalue weighted by atomic mass is 10.0. The quantitative estimate of drug-likeness (QED) is 0.393. The molecule has 1 saturated heterocycles. The van der Waals surface area contributed by atoms with Gasteiger partial charge in [-0.1, -0.05) is 41.4 Å². The average molecular weight is 590 g/mol. The van der Waals surface area contributed by atoms with Crippen LogP contribution in [-0.2, 0) is 33.8 Å². The van der Waals surface area contributed by atoms with Crippen LogP contribution in [0.1, 0.15) is 68.7 Å². The molecule has 10 heteroatoms. The number of aryl methyl sites for hydroxylation is 1. The third kappa shape index (κ3) is 9.84. The zero-order valence-corrected chi connectivity index (χ0v) is 24.8. The van der Waals surface area contributed by atoms with Gasteiger partial charge < -0.3 is 25.8 Å². The topological polar surface area (TPSA) is 120 Å². The highest BCUT2D eigenvalue weighted by molar-refractivity contribution is 6.35. The monoisotopic (exact) mass is 588 g/mol. The van der Waals surface area contributed by atoms with E-state index in [-0.39, 0.29) is 12.1 Å². The summed E-state index contributed by atoms with van der Waals surface area (Å²) in [7, 11) is 0. The molecule has 0 spiro atoms. The number of fused-ring (bicyclic) bond motifs is 1. The number of hydrogen-bond donors (Lipinski definition) is 2. The summed E-state index contributed by atoms with van der Waals surface area (Å²) in [5, 5.41) is 1.19. The van der Waals surface area contributed by atoms with Crippen LogP contribution in [0.5, 0.6) is 0 Å². The lowest BCUT2D eigenvalue weighted by Gasteiger charge is -2.20. The van der Waals surface area contributed by atoms with E-state index in [2.05, 4.69) is 16.9 Å². The number of carbonyl (C=O) groups is 2. The van der Waals surface area contributed by atoms with Crippen LogP contribution >= 0.6 is 23.2 Å². The van der Waals surface area contributed by atoms with Gasteiger partial charge in [0, 0.05) is 41.7 Å². The molecule has 8 nitrogen and oxygen atoms in total. The molecule has 0 saturated carbocycles. The van der Waals surface area contributed by atoms with Crippen LogP contribution in [0, 0.1) is 0 Å². The fourth-order valence-corrected chi connectivity index (χ4v) is 4.94. The zero-order valence-electron chi connectivity index (χ0n) is 23.3. The maximum absolute atomic E-state index is 12.8. The molecule has 216 valence electrons. The summed E-state index contributed by atoms with van der Waals surface area (Å²) in [4.78, 5) is 29.5. The van der Waals surface area contributed by atoms with Crippen molar-refractivity contribution in [1.29, 1.82) is 0 Å². The number of nitrogens with two attached hydrogens (primary N) is 2. The van der Waals surface area contributed by atoms with E-state index in [1.54, 1.807) is 32.9 Å². The van der Waals surface area contributed by atoms with Crippen LogP contribution < -0.4 is 11.5 Å². The van der Waals surface area contributed by atoms with Crippen molar-refractivity contribution in [2.45, 2.75) is 77.8 Å². The molecular formula is C30H38Cl2N4O4. The highest BCUT2D eigenvalue weighted by Crippen LogP contribution is 2.27. The number of primary amides is 1. The minimum absolute atomic E-state index is 0.111. The van der Waals surface area contributed by atoms with E-state index in [0.717, 1.165) is 53.8 Å². The molecule has 1 unspecified atom stereocenters. The number of allylic oxidation sites excluding steroid dienone is 1. The summed E-state index contributed by atoms with van der Waals surface area (Å²) in [5.74, 6) is 0.111. The smallest absolute Gasteiger partial charge is 0.405 e. The van der Waals surface area contributed by atoms with Gasteiger partial charge in [0.25, 0.3) is 0 Å². The Morgan fingerprint density at radius 2 is 1.88 bits per heavy atom. The Morgan fingerprint density at radius 1 is 1.12 bits per heavy atom. The van der Waals surface area contributed by atoms with Gasteiger partial charge in [-0.25, -0.2) is 4.79 Å². The molecule has 2 aliphatic heterocycles. The van der Waals surface area contributed by atoms with E-state index in [1.165, 1.54) is 6.20 Å². The number of ether oxygens (including phenoxy) is 2. The SMILES string of the molecule is CC(C)(C)OC(N)=O.N/C=C\C(=N\C1CCCCO1)c1ccc2c(c1)CN(C(=O)CCc1ccc(Cl)cc1Cl)C2. The first kappa shape index (κ1) is 31.5. The van der Waals surface area contributed by atoms with Gasteiger partial charge in [0.2, 0.25) is 5.91 Å². The van der Waals surface area contributed by atoms with Crippen LogP contribution in [0.15, 0.2) is 53.7 Å². The van der Waals surface area contributed by atoms with Crippen molar-refractivity contribution in [3.05, 3.63) is 81.0 Å². The van der Waals surface area contributed by atoms with Crippen LogP contribution in [0.4, 0.5) is 4.79 Å². The van der Waals surface area contributed by atoms with Crippen molar-refractivity contribution in [3.8, 4) is 0 Å². The van der Waals surface area contributed by atoms with E-state index in [0.29, 0.717) is 36.0 Å². The largest absolute Gasteiger partial charge is 0.444 e. The Hall–Kier alpha value is -3.07. The Morgan fingerprint density at radius 3 is 2.48 bits per heavy atom. The van der Waals surface area contributed by atoms with Gasteiger partial charge in [-0.05, 0) is 93.6 Å². The molecule has 40 heavy (non-hydrogen) atoms. The molecule has 2 aliphatic rings. The molecule has 2 aromatic carbocycles. The van der Waals surface area contributed by atoms with Gasteiger partial charge in [0.05, 0.1) is 5.71 Å². The second-order valence-corrected chi connectivity index (χ2v) is 11.5. The summed E-state index contributed by atoms with van der Waals surface area (Å²) >= 11 is 12.2. The zero-order chi connectivity index (χ0) is 29.3. The molecule has 0 bridgehead atoms. The normalized spacial score (nSPS) is 17.3. The third-order valence-electron chi connectivity index (χ3n) is 6.30. The van der Waals surface area contributed by atoms with Crippen molar-refractivity contribution in [2.24, 2.45) is 16.5 Å². The second-order valence-electron chi connectivity index (χ2n) is 10.7. The molecule has 0 aliphatic carbocycles. The number of aliphatic imine (C=N–C) groups is 1. The van der Waals surface area contributed by atoms with Gasteiger partial charge in [0.1, 0.15) is 11.8 Å². The maximum atomic E-state index is 12.8. The van der Waals surface area contributed by atoms with E-state index in [9.17, 15) is 9.59 Å². The molecule has 4 rings (SSSR count). The van der Waals surface area contributed by atoms with Crippen LogP contribution in [0.3, 0.4) is 0 Å². The molecule has 1 fully saturated rings. The Kier molecular flexibility index (Phi) is 11.4. The lowest BCUT2D eigenvalue weighted by Crippen LogP contribution is -2.27. The summed E-state index contributed by atoms with van der Waals surface area (Å²) < 4.78 is 10.3. The number of carbonyl (C=O) groups excluding carboxylic acids is 2. The van der Waals surface area contributed by atoms with Crippen molar-refractivity contribution < 1.29 is 19.1 Å². The fraction of sp³-hybridized carbons (Fsp3) is 0.433. The summed E-state index contributed by atoms with van der Waals surface area (Å²) in [5.41, 5.74) is 15.0. The van der Waals surface area contributed by atoms with Gasteiger partial charge in [-0.3, -0.25) is 9.79 Å².